The van der Waals surface area contributed by atoms with Crippen LogP contribution in [0.4, 0.5) is 5.69 Å². The van der Waals surface area contributed by atoms with Crippen molar-refractivity contribution in [2.45, 2.75) is 33.1 Å². The Balaban J connectivity index is 2.80. The zero-order chi connectivity index (χ0) is 15.2. The lowest BCUT2D eigenvalue weighted by Gasteiger charge is -2.21. The predicted octanol–water partition coefficient (Wildman–Crippen LogP) is 3.13. The molecular formula is C15H20BrN3O. The van der Waals surface area contributed by atoms with Crippen molar-refractivity contribution in [2.24, 2.45) is 7.05 Å². The fraction of sp³-hybridized carbons (Fsp3) is 0.400. The van der Waals surface area contributed by atoms with E-state index in [-0.39, 0.29) is 11.0 Å². The standard InChI is InChI=1S/C15H20BrN3O/c1-9-8-10(16)6-7-11(9)19-14(20)12(17)13(18(19)5)15(2,3)4/h6-8H,17H2,1-5H3. The van der Waals surface area contributed by atoms with Crippen LogP contribution in [0.25, 0.3) is 5.69 Å². The highest BCUT2D eigenvalue weighted by molar-refractivity contribution is 9.10. The van der Waals surface area contributed by atoms with Gasteiger partial charge in [0.25, 0.3) is 5.56 Å². The molecule has 0 fully saturated rings. The van der Waals surface area contributed by atoms with Crippen LogP contribution in [-0.2, 0) is 12.5 Å². The molecule has 0 bridgehead atoms. The SMILES string of the molecule is Cc1cc(Br)ccc1-n1c(=O)c(N)c(C(C)(C)C)n1C. The van der Waals surface area contributed by atoms with Crippen molar-refractivity contribution < 1.29 is 0 Å². The molecule has 0 spiro atoms. The Morgan fingerprint density at radius 3 is 2.30 bits per heavy atom. The lowest BCUT2D eigenvalue weighted by Crippen LogP contribution is -2.23. The Morgan fingerprint density at radius 2 is 1.85 bits per heavy atom. The average Bonchev–Trinajstić information content (AvgIpc) is 2.51. The normalized spacial score (nSPS) is 11.9. The molecular weight excluding hydrogens is 318 g/mol. The van der Waals surface area contributed by atoms with E-state index in [4.69, 9.17) is 5.73 Å². The monoisotopic (exact) mass is 337 g/mol. The molecule has 2 N–H and O–H groups in total. The maximum atomic E-state index is 12.5. The van der Waals surface area contributed by atoms with Gasteiger partial charge in [-0.1, -0.05) is 36.7 Å². The lowest BCUT2D eigenvalue weighted by molar-refractivity contribution is 0.501. The van der Waals surface area contributed by atoms with Gasteiger partial charge in [-0.25, -0.2) is 4.68 Å². The van der Waals surface area contributed by atoms with Crippen LogP contribution in [0.1, 0.15) is 32.0 Å². The molecule has 0 saturated carbocycles. The summed E-state index contributed by atoms with van der Waals surface area (Å²) in [6.07, 6.45) is 0. The maximum Gasteiger partial charge on any atom is 0.294 e. The molecule has 4 nitrogen and oxygen atoms in total. The molecule has 0 aliphatic rings. The van der Waals surface area contributed by atoms with Gasteiger partial charge in [-0.15, -0.1) is 0 Å². The summed E-state index contributed by atoms with van der Waals surface area (Å²) in [5.41, 5.74) is 8.73. The Hall–Kier alpha value is -1.49. The first-order valence-electron chi connectivity index (χ1n) is 6.49. The number of nitrogens with zero attached hydrogens (tertiary/aromatic N) is 2. The zero-order valence-electron chi connectivity index (χ0n) is 12.5. The quantitative estimate of drug-likeness (QED) is 0.869. The Kier molecular flexibility index (Phi) is 3.58. The van der Waals surface area contributed by atoms with Gasteiger partial charge in [-0.2, -0.15) is 0 Å². The zero-order valence-corrected chi connectivity index (χ0v) is 14.1. The van der Waals surface area contributed by atoms with Crippen LogP contribution in [0, 0.1) is 6.92 Å². The van der Waals surface area contributed by atoms with Gasteiger partial charge < -0.3 is 5.73 Å². The largest absolute Gasteiger partial charge is 0.393 e. The van der Waals surface area contributed by atoms with Crippen molar-refractivity contribution in [1.82, 2.24) is 9.36 Å². The van der Waals surface area contributed by atoms with Crippen LogP contribution in [0.15, 0.2) is 27.5 Å². The molecule has 0 unspecified atom stereocenters. The van der Waals surface area contributed by atoms with E-state index in [2.05, 4.69) is 36.7 Å². The summed E-state index contributed by atoms with van der Waals surface area (Å²) < 4.78 is 4.48. The summed E-state index contributed by atoms with van der Waals surface area (Å²) >= 11 is 3.44. The summed E-state index contributed by atoms with van der Waals surface area (Å²) in [6, 6.07) is 5.84. The van der Waals surface area contributed by atoms with Gasteiger partial charge in [0.15, 0.2) is 0 Å². The van der Waals surface area contributed by atoms with Crippen LogP contribution >= 0.6 is 15.9 Å². The smallest absolute Gasteiger partial charge is 0.294 e. The number of hydrogen-bond acceptors (Lipinski definition) is 2. The average molecular weight is 338 g/mol. The second-order valence-electron chi connectivity index (χ2n) is 6.08. The Morgan fingerprint density at radius 1 is 1.25 bits per heavy atom. The van der Waals surface area contributed by atoms with Gasteiger partial charge in [-0.3, -0.25) is 9.48 Å². The van der Waals surface area contributed by atoms with Crippen molar-refractivity contribution in [1.29, 1.82) is 0 Å². The van der Waals surface area contributed by atoms with E-state index in [9.17, 15) is 4.79 Å². The summed E-state index contributed by atoms with van der Waals surface area (Å²) in [4.78, 5) is 12.5. The second kappa shape index (κ2) is 4.81. The number of halogens is 1. The molecule has 20 heavy (non-hydrogen) atoms. The minimum absolute atomic E-state index is 0.164. The Labute approximate surface area is 127 Å². The third-order valence-electron chi connectivity index (χ3n) is 3.40. The number of aromatic nitrogens is 2. The van der Waals surface area contributed by atoms with Crippen LogP contribution in [-0.4, -0.2) is 9.36 Å². The second-order valence-corrected chi connectivity index (χ2v) is 7.00. The van der Waals surface area contributed by atoms with Crippen molar-refractivity contribution >= 4 is 21.6 Å². The maximum absolute atomic E-state index is 12.5. The van der Waals surface area contributed by atoms with E-state index in [1.807, 2.05) is 36.9 Å². The number of anilines is 1. The number of hydrogen-bond donors (Lipinski definition) is 1. The van der Waals surface area contributed by atoms with E-state index in [0.29, 0.717) is 5.69 Å². The molecule has 1 aromatic carbocycles. The van der Waals surface area contributed by atoms with Crippen LogP contribution in [0.5, 0.6) is 0 Å². The van der Waals surface area contributed by atoms with E-state index >= 15 is 0 Å². The molecule has 0 aliphatic heterocycles. The van der Waals surface area contributed by atoms with E-state index in [1.54, 1.807) is 4.68 Å². The fourth-order valence-corrected chi connectivity index (χ4v) is 3.12. The van der Waals surface area contributed by atoms with E-state index < -0.39 is 0 Å². The van der Waals surface area contributed by atoms with E-state index in [1.165, 1.54) is 0 Å². The summed E-state index contributed by atoms with van der Waals surface area (Å²) in [6.45, 7) is 8.14. The van der Waals surface area contributed by atoms with Crippen molar-refractivity contribution in [3.05, 3.63) is 44.3 Å². The summed E-state index contributed by atoms with van der Waals surface area (Å²) in [7, 11) is 1.87. The highest BCUT2D eigenvalue weighted by Crippen LogP contribution is 2.27. The first kappa shape index (κ1) is 14.9. The third kappa shape index (κ3) is 2.30. The minimum atomic E-state index is -0.188. The van der Waals surface area contributed by atoms with Gasteiger partial charge >= 0.3 is 0 Å². The van der Waals surface area contributed by atoms with Gasteiger partial charge in [0.1, 0.15) is 5.69 Å². The number of nitrogens with two attached hydrogens (primary N) is 1. The summed E-state index contributed by atoms with van der Waals surface area (Å²) in [5, 5.41) is 0. The molecule has 0 saturated heterocycles. The minimum Gasteiger partial charge on any atom is -0.393 e. The number of nitrogen functional groups attached to an aromatic ring is 1. The molecule has 0 amide bonds. The van der Waals surface area contributed by atoms with Gasteiger partial charge in [-0.05, 0) is 30.7 Å². The molecule has 2 aromatic rings. The van der Waals surface area contributed by atoms with Crippen LogP contribution in [0.2, 0.25) is 0 Å². The summed E-state index contributed by atoms with van der Waals surface area (Å²) in [5.74, 6) is 0. The number of aryl methyl sites for hydroxylation is 1. The third-order valence-corrected chi connectivity index (χ3v) is 3.89. The molecule has 0 atom stereocenters. The van der Waals surface area contributed by atoms with Crippen molar-refractivity contribution in [2.75, 3.05) is 5.73 Å². The molecule has 0 radical (unpaired) electrons. The predicted molar refractivity (Wildman–Crippen MR) is 86.6 cm³/mol. The highest BCUT2D eigenvalue weighted by atomic mass is 79.9. The van der Waals surface area contributed by atoms with Crippen molar-refractivity contribution in [3.8, 4) is 5.69 Å². The van der Waals surface area contributed by atoms with Gasteiger partial charge in [0, 0.05) is 16.9 Å². The van der Waals surface area contributed by atoms with Crippen molar-refractivity contribution in [3.63, 3.8) is 0 Å². The molecule has 2 rings (SSSR count). The first-order chi connectivity index (χ1) is 9.14. The fourth-order valence-electron chi connectivity index (χ4n) is 2.64. The van der Waals surface area contributed by atoms with Gasteiger partial charge in [0.2, 0.25) is 0 Å². The molecule has 1 aromatic heterocycles. The molecule has 0 aliphatic carbocycles. The highest BCUT2D eigenvalue weighted by Gasteiger charge is 2.26. The van der Waals surface area contributed by atoms with E-state index in [0.717, 1.165) is 21.4 Å². The lowest BCUT2D eigenvalue weighted by atomic mass is 9.91. The Bertz CT molecular complexity index is 720. The topological polar surface area (TPSA) is 52.9 Å². The number of benzene rings is 1. The number of rotatable bonds is 1. The van der Waals surface area contributed by atoms with Crippen LogP contribution in [0.3, 0.4) is 0 Å². The molecule has 5 heteroatoms. The van der Waals surface area contributed by atoms with Gasteiger partial charge in [0.05, 0.1) is 11.4 Å². The molecule has 108 valence electrons. The first-order valence-corrected chi connectivity index (χ1v) is 7.28. The molecule has 1 heterocycles. The van der Waals surface area contributed by atoms with Crippen LogP contribution < -0.4 is 11.3 Å².